The van der Waals surface area contributed by atoms with Crippen LogP contribution >= 0.6 is 0 Å². The molecule has 1 unspecified atom stereocenters. The SMILES string of the molecule is C=C(C)[C@@H]1CC[C@]2(NCC[C@]3(O)CC[C@@H](S(C)(=O)=O)CC3)CC[C@]3(C)[C@H](CC[C@@H]4[C@@]5(C)CC=C(C6=CCC(CF)(C(=O)O)CC6)C(C)(C)[C@@H]5CC[C@]43C)[C@@H]12. The summed E-state index contributed by atoms with van der Waals surface area (Å²) in [6.45, 7) is 19.7. The van der Waals surface area contributed by atoms with Gasteiger partial charge in [-0.3, -0.25) is 4.79 Å². The molecule has 0 aromatic rings. The molecule has 7 rings (SSSR count). The highest BCUT2D eigenvalue weighted by Crippen LogP contribution is 2.76. The van der Waals surface area contributed by atoms with Crippen molar-refractivity contribution >= 4 is 15.8 Å². The second-order valence-corrected chi connectivity index (χ2v) is 23.8. The van der Waals surface area contributed by atoms with Crippen LogP contribution in [0.25, 0.3) is 0 Å². The van der Waals surface area contributed by atoms with E-state index >= 15 is 0 Å². The Kier molecular flexibility index (Phi) is 10.2. The number of nitrogens with one attached hydrogen (secondary N) is 1. The number of carboxylic acids is 1. The van der Waals surface area contributed by atoms with Crippen molar-refractivity contribution in [2.45, 2.75) is 167 Å². The molecule has 3 N–H and O–H groups in total. The lowest BCUT2D eigenvalue weighted by Gasteiger charge is -2.72. The quantitative estimate of drug-likeness (QED) is 0.202. The highest BCUT2D eigenvalue weighted by atomic mass is 32.2. The number of aliphatic hydroxyl groups is 1. The topological polar surface area (TPSA) is 104 Å². The second kappa shape index (κ2) is 13.5. The van der Waals surface area contributed by atoms with Crippen molar-refractivity contribution in [3.05, 3.63) is 35.5 Å². The molecular formula is C46H72FNO5S. The molecule has 6 nitrogen and oxygen atoms in total. The number of hydrogen-bond acceptors (Lipinski definition) is 5. The maximum atomic E-state index is 14.0. The van der Waals surface area contributed by atoms with E-state index in [1.807, 2.05) is 0 Å². The summed E-state index contributed by atoms with van der Waals surface area (Å²) in [7, 11) is -3.07. The Balaban J connectivity index is 1.12. The zero-order valence-corrected chi connectivity index (χ0v) is 35.5. The Morgan fingerprint density at radius 1 is 0.889 bits per heavy atom. The summed E-state index contributed by atoms with van der Waals surface area (Å²) in [4.78, 5) is 12.0. The van der Waals surface area contributed by atoms with Gasteiger partial charge in [0, 0.05) is 11.8 Å². The number of halogens is 1. The molecule has 7 aliphatic carbocycles. The molecule has 54 heavy (non-hydrogen) atoms. The third-order valence-corrected chi connectivity index (χ3v) is 20.5. The lowest BCUT2D eigenvalue weighted by atomic mass is 9.33. The van der Waals surface area contributed by atoms with Gasteiger partial charge < -0.3 is 15.5 Å². The first-order valence-corrected chi connectivity index (χ1v) is 23.6. The van der Waals surface area contributed by atoms with Gasteiger partial charge in [0.25, 0.3) is 0 Å². The van der Waals surface area contributed by atoms with Gasteiger partial charge >= 0.3 is 5.97 Å². The molecule has 0 aliphatic heterocycles. The predicted molar refractivity (Wildman–Crippen MR) is 215 cm³/mol. The number of sulfone groups is 1. The van der Waals surface area contributed by atoms with Gasteiger partial charge in [0.1, 0.15) is 16.5 Å². The first-order chi connectivity index (χ1) is 25.1. The minimum Gasteiger partial charge on any atom is -0.481 e. The fourth-order valence-electron chi connectivity index (χ4n) is 15.5. The number of allylic oxidation sites excluding steroid dienone is 5. The van der Waals surface area contributed by atoms with E-state index in [2.05, 4.69) is 65.6 Å². The van der Waals surface area contributed by atoms with E-state index in [4.69, 9.17) is 0 Å². The highest BCUT2D eigenvalue weighted by molar-refractivity contribution is 7.91. The van der Waals surface area contributed by atoms with Crippen molar-refractivity contribution in [3.8, 4) is 0 Å². The number of alkyl halides is 1. The first kappa shape index (κ1) is 40.7. The number of rotatable bonds is 9. The molecule has 0 radical (unpaired) electrons. The van der Waals surface area contributed by atoms with Gasteiger partial charge in [0.15, 0.2) is 0 Å². The first-order valence-electron chi connectivity index (χ1n) is 21.6. The third kappa shape index (κ3) is 6.09. The van der Waals surface area contributed by atoms with E-state index in [0.717, 1.165) is 25.8 Å². The largest absolute Gasteiger partial charge is 0.481 e. The van der Waals surface area contributed by atoms with Gasteiger partial charge in [-0.15, -0.1) is 0 Å². The normalized spacial score (nSPS) is 47.3. The van der Waals surface area contributed by atoms with Crippen LogP contribution in [-0.4, -0.2) is 60.5 Å². The molecule has 0 spiro atoms. The summed E-state index contributed by atoms with van der Waals surface area (Å²) in [6, 6.07) is 0. The molecule has 5 saturated carbocycles. The predicted octanol–water partition coefficient (Wildman–Crippen LogP) is 9.78. The van der Waals surface area contributed by atoms with Crippen LogP contribution in [0.1, 0.15) is 151 Å². The zero-order valence-electron chi connectivity index (χ0n) is 34.7. The van der Waals surface area contributed by atoms with Gasteiger partial charge in [-0.1, -0.05) is 58.9 Å². The van der Waals surface area contributed by atoms with Crippen molar-refractivity contribution in [1.29, 1.82) is 0 Å². The Labute approximate surface area is 326 Å². The average Bonchev–Trinajstić information content (AvgIpc) is 3.48. The molecule has 0 heterocycles. The minimum absolute atomic E-state index is 0.0346. The van der Waals surface area contributed by atoms with Gasteiger partial charge in [0.05, 0.1) is 16.3 Å². The Morgan fingerprint density at radius 3 is 2.19 bits per heavy atom. The van der Waals surface area contributed by atoms with Crippen LogP contribution < -0.4 is 5.32 Å². The summed E-state index contributed by atoms with van der Waals surface area (Å²) >= 11 is 0. The van der Waals surface area contributed by atoms with Crippen molar-refractivity contribution in [1.82, 2.24) is 5.32 Å². The summed E-state index contributed by atoms with van der Waals surface area (Å²) in [5, 5.41) is 25.2. The molecular weight excluding hydrogens is 698 g/mol. The molecule has 8 heteroatoms. The number of carbonyl (C=O) groups is 1. The standard InChI is InChI=1S/C46H72FNO5S/c1-30(2)33-15-24-46(48-28-27-45(51)22-13-32(14-23-45)54(8,52)53)26-25-42(6)35(38(33)46)9-10-37-41(5)18-16-34(40(3,4)36(41)17-19-43(37,42)7)31-11-20-44(29-47,21-12-31)39(49)50/h11,16,32-33,35-38,48,51H,1,9-10,12-15,17-29H2,2-8H3,(H,49,50)/t32-,33-,35+,36-,37+,38+,41-,42+,43+,44?,45+,46-/m0/s1. The number of hydrogen-bond donors (Lipinski definition) is 3. The summed E-state index contributed by atoms with van der Waals surface area (Å²) in [6.07, 6.45) is 20.8. The van der Waals surface area contributed by atoms with E-state index in [1.165, 1.54) is 61.5 Å². The van der Waals surface area contributed by atoms with E-state index in [9.17, 15) is 27.8 Å². The van der Waals surface area contributed by atoms with Gasteiger partial charge in [0.2, 0.25) is 0 Å². The van der Waals surface area contributed by atoms with Crippen LogP contribution in [0.2, 0.25) is 0 Å². The Bertz CT molecular complexity index is 1690. The fraction of sp³-hybridized carbons (Fsp3) is 0.848. The highest BCUT2D eigenvalue weighted by Gasteiger charge is 2.70. The maximum absolute atomic E-state index is 14.0. The van der Waals surface area contributed by atoms with Crippen LogP contribution in [-0.2, 0) is 14.6 Å². The Hall–Kier alpha value is -1.51. The van der Waals surface area contributed by atoms with Crippen LogP contribution in [0.15, 0.2) is 35.5 Å². The molecule has 0 saturated heterocycles. The van der Waals surface area contributed by atoms with Crippen molar-refractivity contribution in [2.24, 2.45) is 56.7 Å². The van der Waals surface area contributed by atoms with Gasteiger partial charge in [-0.05, 0) is 185 Å². The molecule has 10 atom stereocenters. The van der Waals surface area contributed by atoms with Gasteiger partial charge in [-0.2, -0.15) is 0 Å². The monoisotopic (exact) mass is 770 g/mol. The van der Waals surface area contributed by atoms with E-state index < -0.39 is 33.5 Å². The van der Waals surface area contributed by atoms with E-state index in [-0.39, 0.29) is 38.9 Å². The lowest BCUT2D eigenvalue weighted by molar-refractivity contribution is -0.221. The zero-order chi connectivity index (χ0) is 39.3. The van der Waals surface area contributed by atoms with Crippen molar-refractivity contribution in [2.75, 3.05) is 19.5 Å². The number of carboxylic acid groups (broad SMARTS) is 1. The van der Waals surface area contributed by atoms with Crippen LogP contribution in [0.3, 0.4) is 0 Å². The molecule has 7 aliphatic rings. The van der Waals surface area contributed by atoms with Crippen LogP contribution in [0.5, 0.6) is 0 Å². The summed E-state index contributed by atoms with van der Waals surface area (Å²) in [5.74, 6) is 1.79. The van der Waals surface area contributed by atoms with Crippen molar-refractivity contribution < 1.29 is 27.8 Å². The number of aliphatic carboxylic acids is 1. The number of fused-ring (bicyclic) bond motifs is 7. The molecule has 0 aromatic heterocycles. The van der Waals surface area contributed by atoms with Crippen LogP contribution in [0.4, 0.5) is 4.39 Å². The van der Waals surface area contributed by atoms with Crippen molar-refractivity contribution in [3.63, 3.8) is 0 Å². The van der Waals surface area contributed by atoms with Crippen LogP contribution in [0, 0.1) is 56.7 Å². The molecule has 304 valence electrons. The fourth-order valence-corrected chi connectivity index (χ4v) is 16.6. The van der Waals surface area contributed by atoms with E-state index in [0.29, 0.717) is 74.5 Å². The second-order valence-electron chi connectivity index (χ2n) is 21.5. The van der Waals surface area contributed by atoms with Gasteiger partial charge in [-0.25, -0.2) is 12.8 Å². The van der Waals surface area contributed by atoms with E-state index in [1.54, 1.807) is 0 Å². The maximum Gasteiger partial charge on any atom is 0.312 e. The molecule has 0 aromatic carbocycles. The lowest BCUT2D eigenvalue weighted by Crippen LogP contribution is -2.68. The molecule has 0 bridgehead atoms. The minimum atomic E-state index is -3.07. The Morgan fingerprint density at radius 2 is 1.59 bits per heavy atom. The molecule has 0 amide bonds. The smallest absolute Gasteiger partial charge is 0.312 e. The third-order valence-electron chi connectivity index (χ3n) is 18.8. The summed E-state index contributed by atoms with van der Waals surface area (Å²) in [5.41, 5.74) is 2.54. The average molecular weight is 770 g/mol. The molecule has 5 fully saturated rings. The summed E-state index contributed by atoms with van der Waals surface area (Å²) < 4.78 is 38.4.